The van der Waals surface area contributed by atoms with E-state index >= 15 is 0 Å². The second kappa shape index (κ2) is 8.49. The van der Waals surface area contributed by atoms with Crippen LogP contribution in [-0.4, -0.2) is 26.6 Å². The van der Waals surface area contributed by atoms with Crippen LogP contribution in [0.15, 0.2) is 45.7 Å². The Morgan fingerprint density at radius 3 is 2.72 bits per heavy atom. The van der Waals surface area contributed by atoms with E-state index in [0.29, 0.717) is 33.2 Å². The summed E-state index contributed by atoms with van der Waals surface area (Å²) in [5.74, 6) is -0.628. The molecule has 0 unspecified atom stereocenters. The zero-order valence-electron chi connectivity index (χ0n) is 12.6. The van der Waals surface area contributed by atoms with Gasteiger partial charge in [-0.25, -0.2) is 14.9 Å². The summed E-state index contributed by atoms with van der Waals surface area (Å²) in [7, 11) is 0. The molecule has 0 aliphatic heterocycles. The standard InChI is InChI=1S/C13H10N6O2S4/c1-22-13-16-12(24-19-13)18-17-9-8(7-5-3-2-4-6-7)15-10(23-9)11(20)21-25-14/h2-6H,14H2,1H3. The van der Waals surface area contributed by atoms with Gasteiger partial charge in [0.25, 0.3) is 0 Å². The molecule has 0 radical (unpaired) electrons. The number of aromatic nitrogens is 3. The van der Waals surface area contributed by atoms with E-state index in [1.165, 1.54) is 11.8 Å². The summed E-state index contributed by atoms with van der Waals surface area (Å²) in [6, 6.07) is 9.38. The number of carbonyl (C=O) groups is 1. The minimum absolute atomic E-state index is 0.146. The van der Waals surface area contributed by atoms with E-state index in [0.717, 1.165) is 28.4 Å². The van der Waals surface area contributed by atoms with Gasteiger partial charge >= 0.3 is 5.97 Å². The number of nitrogens with two attached hydrogens (primary N) is 1. The highest BCUT2D eigenvalue weighted by Gasteiger charge is 2.19. The van der Waals surface area contributed by atoms with Crippen LogP contribution in [-0.2, 0) is 4.18 Å². The van der Waals surface area contributed by atoms with Crippen LogP contribution >= 0.6 is 46.9 Å². The maximum Gasteiger partial charge on any atom is 0.380 e. The summed E-state index contributed by atoms with van der Waals surface area (Å²) >= 11 is 4.12. The summed E-state index contributed by atoms with van der Waals surface area (Å²) in [6.45, 7) is 0. The van der Waals surface area contributed by atoms with Crippen LogP contribution in [0.25, 0.3) is 11.3 Å². The summed E-state index contributed by atoms with van der Waals surface area (Å²) in [6.07, 6.45) is 1.88. The van der Waals surface area contributed by atoms with Crippen molar-refractivity contribution in [1.29, 1.82) is 0 Å². The maximum absolute atomic E-state index is 11.9. The third-order valence-electron chi connectivity index (χ3n) is 2.76. The van der Waals surface area contributed by atoms with Crippen molar-refractivity contribution >= 4 is 63.0 Å². The highest BCUT2D eigenvalue weighted by atomic mass is 32.2. The Morgan fingerprint density at radius 1 is 1.24 bits per heavy atom. The van der Waals surface area contributed by atoms with E-state index < -0.39 is 5.97 Å². The summed E-state index contributed by atoms with van der Waals surface area (Å²) < 4.78 is 8.84. The molecule has 0 saturated heterocycles. The van der Waals surface area contributed by atoms with Gasteiger partial charge in [0.15, 0.2) is 5.00 Å². The third-order valence-corrected chi connectivity index (χ3v) is 5.19. The molecule has 3 aromatic rings. The fraction of sp³-hybridized carbons (Fsp3) is 0.0769. The molecule has 0 saturated carbocycles. The minimum Gasteiger partial charge on any atom is -0.369 e. The van der Waals surface area contributed by atoms with Crippen molar-refractivity contribution in [2.45, 2.75) is 5.16 Å². The van der Waals surface area contributed by atoms with Crippen molar-refractivity contribution < 1.29 is 8.98 Å². The van der Waals surface area contributed by atoms with E-state index in [4.69, 9.17) is 9.32 Å². The van der Waals surface area contributed by atoms with Gasteiger partial charge in [0.1, 0.15) is 17.9 Å². The second-order valence-corrected chi connectivity index (χ2v) is 7.11. The maximum atomic E-state index is 11.9. The van der Waals surface area contributed by atoms with Crippen LogP contribution < -0.4 is 5.14 Å². The fourth-order valence-corrected chi connectivity index (χ4v) is 3.80. The monoisotopic (exact) mass is 410 g/mol. The molecular formula is C13H10N6O2S4. The summed E-state index contributed by atoms with van der Waals surface area (Å²) in [4.78, 5) is 20.4. The molecule has 2 aromatic heterocycles. The number of carbonyl (C=O) groups excluding carboxylic acids is 1. The van der Waals surface area contributed by atoms with Crippen LogP contribution in [0, 0.1) is 0 Å². The van der Waals surface area contributed by atoms with Gasteiger partial charge in [0, 0.05) is 17.1 Å². The molecule has 25 heavy (non-hydrogen) atoms. The average molecular weight is 411 g/mol. The molecule has 0 aliphatic rings. The lowest BCUT2D eigenvalue weighted by Gasteiger charge is -1.96. The first-order valence-electron chi connectivity index (χ1n) is 6.64. The lowest BCUT2D eigenvalue weighted by Crippen LogP contribution is -2.00. The van der Waals surface area contributed by atoms with Crippen LogP contribution in [0.3, 0.4) is 0 Å². The van der Waals surface area contributed by atoms with Crippen molar-refractivity contribution in [3.63, 3.8) is 0 Å². The van der Waals surface area contributed by atoms with Gasteiger partial charge in [-0.2, -0.15) is 9.36 Å². The summed E-state index contributed by atoms with van der Waals surface area (Å²) in [5, 5.41) is 15.1. The lowest BCUT2D eigenvalue weighted by molar-refractivity contribution is 0.0768. The van der Waals surface area contributed by atoms with E-state index in [1.807, 2.05) is 36.6 Å². The minimum atomic E-state index is -0.628. The van der Waals surface area contributed by atoms with Gasteiger partial charge in [0.05, 0.1) is 0 Å². The second-order valence-electron chi connectivity index (χ2n) is 4.27. The van der Waals surface area contributed by atoms with Crippen LogP contribution in [0.1, 0.15) is 9.80 Å². The molecule has 12 heteroatoms. The van der Waals surface area contributed by atoms with E-state index in [-0.39, 0.29) is 5.01 Å². The zero-order chi connectivity index (χ0) is 17.6. The summed E-state index contributed by atoms with van der Waals surface area (Å²) in [5.41, 5.74) is 1.35. The van der Waals surface area contributed by atoms with Crippen molar-refractivity contribution in [2.75, 3.05) is 6.26 Å². The number of rotatable bonds is 6. The Kier molecular flexibility index (Phi) is 6.09. The first kappa shape index (κ1) is 17.9. The Bertz CT molecular complexity index is 895. The largest absolute Gasteiger partial charge is 0.380 e. The lowest BCUT2D eigenvalue weighted by atomic mass is 10.2. The number of benzene rings is 1. The van der Waals surface area contributed by atoms with Gasteiger partial charge in [-0.15, -0.1) is 10.2 Å². The Labute approximate surface area is 159 Å². The van der Waals surface area contributed by atoms with Crippen LogP contribution in [0.2, 0.25) is 0 Å². The molecule has 2 heterocycles. The van der Waals surface area contributed by atoms with Crippen molar-refractivity contribution in [2.24, 2.45) is 15.4 Å². The molecule has 0 atom stereocenters. The van der Waals surface area contributed by atoms with Crippen LogP contribution in [0.4, 0.5) is 10.1 Å². The number of azo groups is 1. The van der Waals surface area contributed by atoms with Gasteiger partial charge < -0.3 is 4.18 Å². The molecule has 0 fully saturated rings. The normalized spacial score (nSPS) is 11.1. The molecule has 0 spiro atoms. The molecule has 3 rings (SSSR count). The van der Waals surface area contributed by atoms with Crippen molar-refractivity contribution in [3.05, 3.63) is 35.3 Å². The zero-order valence-corrected chi connectivity index (χ0v) is 15.9. The quantitative estimate of drug-likeness (QED) is 0.274. The average Bonchev–Trinajstić information content (AvgIpc) is 3.28. The smallest absolute Gasteiger partial charge is 0.369 e. The van der Waals surface area contributed by atoms with E-state index in [1.54, 1.807) is 0 Å². The highest BCUT2D eigenvalue weighted by Crippen LogP contribution is 2.37. The molecular weight excluding hydrogens is 400 g/mol. The van der Waals surface area contributed by atoms with Gasteiger partial charge in [0.2, 0.25) is 15.3 Å². The van der Waals surface area contributed by atoms with Gasteiger partial charge in [-0.3, -0.25) is 0 Å². The predicted octanol–water partition coefficient (Wildman–Crippen LogP) is 4.48. The first-order chi connectivity index (χ1) is 12.2. The molecule has 128 valence electrons. The fourth-order valence-electron chi connectivity index (χ4n) is 1.74. The Morgan fingerprint density at radius 2 is 2.04 bits per heavy atom. The third kappa shape index (κ3) is 4.41. The predicted molar refractivity (Wildman–Crippen MR) is 101 cm³/mol. The first-order valence-corrected chi connectivity index (χ1v) is 10.3. The number of thiazole rings is 1. The number of nitrogens with zero attached hydrogens (tertiary/aromatic N) is 5. The van der Waals surface area contributed by atoms with Gasteiger partial charge in [-0.1, -0.05) is 53.4 Å². The van der Waals surface area contributed by atoms with Crippen molar-refractivity contribution in [3.8, 4) is 11.3 Å². The Balaban J connectivity index is 1.96. The van der Waals surface area contributed by atoms with Crippen LogP contribution in [0.5, 0.6) is 0 Å². The molecule has 1 aromatic carbocycles. The van der Waals surface area contributed by atoms with E-state index in [2.05, 4.69) is 24.6 Å². The molecule has 0 amide bonds. The molecule has 2 N–H and O–H groups in total. The highest BCUT2D eigenvalue weighted by molar-refractivity contribution is 7.98. The molecule has 8 nitrogen and oxygen atoms in total. The molecule has 0 aliphatic carbocycles. The number of thioether (sulfide) groups is 1. The number of hydrogen-bond acceptors (Lipinski definition) is 12. The SMILES string of the molecule is CSc1nsc(N=Nc2sc(C(=O)OSN)nc2-c2ccccc2)n1. The van der Waals surface area contributed by atoms with E-state index in [9.17, 15) is 4.79 Å². The van der Waals surface area contributed by atoms with Crippen molar-refractivity contribution in [1.82, 2.24) is 14.3 Å². The number of hydrogen-bond donors (Lipinski definition) is 1. The Hall–Kier alpha value is -1.86. The molecule has 0 bridgehead atoms. The van der Waals surface area contributed by atoms with Gasteiger partial charge in [-0.05, 0) is 6.26 Å². The topological polar surface area (TPSA) is 116 Å².